The Bertz CT molecular complexity index is 272. The molecule has 2 aliphatic rings. The van der Waals surface area contributed by atoms with Crippen LogP contribution in [0.15, 0.2) is 0 Å². The van der Waals surface area contributed by atoms with Crippen LogP contribution in [-0.4, -0.2) is 72.1 Å². The molecule has 0 saturated carbocycles. The van der Waals surface area contributed by atoms with Crippen molar-refractivity contribution in [3.8, 4) is 0 Å². The first kappa shape index (κ1) is 16.3. The van der Waals surface area contributed by atoms with Crippen LogP contribution < -0.4 is 0 Å². The lowest BCUT2D eigenvalue weighted by atomic mass is 9.93. The monoisotopic (exact) mass is 281 g/mol. The van der Waals surface area contributed by atoms with Crippen molar-refractivity contribution < 1.29 is 0 Å². The molecule has 0 aliphatic carbocycles. The lowest BCUT2D eigenvalue weighted by Crippen LogP contribution is -2.58. The molecular weight excluding hydrogens is 246 g/mol. The van der Waals surface area contributed by atoms with Gasteiger partial charge in [0.15, 0.2) is 0 Å². The third-order valence-corrected chi connectivity index (χ3v) is 5.47. The van der Waals surface area contributed by atoms with Crippen LogP contribution in [0.25, 0.3) is 0 Å². The fraction of sp³-hybridized carbons (Fsp3) is 1.00. The molecule has 2 aliphatic heterocycles. The number of likely N-dealkylation sites (N-methyl/N-ethyl adjacent to an activating group) is 1. The van der Waals surface area contributed by atoms with E-state index in [1.807, 2.05) is 0 Å². The molecule has 3 nitrogen and oxygen atoms in total. The summed E-state index contributed by atoms with van der Waals surface area (Å²) < 4.78 is 0. The van der Waals surface area contributed by atoms with Gasteiger partial charge in [0.25, 0.3) is 0 Å². The van der Waals surface area contributed by atoms with Gasteiger partial charge in [-0.15, -0.1) is 0 Å². The summed E-state index contributed by atoms with van der Waals surface area (Å²) in [6, 6.07) is 2.17. The molecule has 0 aromatic rings. The van der Waals surface area contributed by atoms with Crippen LogP contribution in [0.3, 0.4) is 0 Å². The number of hydrogen-bond acceptors (Lipinski definition) is 3. The summed E-state index contributed by atoms with van der Waals surface area (Å²) in [6.45, 7) is 19.4. The van der Waals surface area contributed by atoms with Crippen LogP contribution in [0.1, 0.15) is 47.5 Å². The Kier molecular flexibility index (Phi) is 5.88. The van der Waals surface area contributed by atoms with Gasteiger partial charge in [-0.05, 0) is 66.1 Å². The summed E-state index contributed by atoms with van der Waals surface area (Å²) in [5.41, 5.74) is 0. The number of rotatable bonds is 4. The summed E-state index contributed by atoms with van der Waals surface area (Å²) >= 11 is 0. The Morgan fingerprint density at radius 1 is 1.00 bits per heavy atom. The predicted molar refractivity (Wildman–Crippen MR) is 87.2 cm³/mol. The van der Waals surface area contributed by atoms with Crippen LogP contribution in [0, 0.1) is 5.92 Å². The predicted octanol–water partition coefficient (Wildman–Crippen LogP) is 2.52. The molecule has 118 valence electrons. The summed E-state index contributed by atoms with van der Waals surface area (Å²) in [5.74, 6) is 0.920. The van der Waals surface area contributed by atoms with E-state index in [1.54, 1.807) is 0 Å². The van der Waals surface area contributed by atoms with E-state index in [0.29, 0.717) is 0 Å². The zero-order valence-corrected chi connectivity index (χ0v) is 14.3. The van der Waals surface area contributed by atoms with Crippen LogP contribution in [0.2, 0.25) is 0 Å². The first-order chi connectivity index (χ1) is 9.51. The summed E-state index contributed by atoms with van der Waals surface area (Å²) in [5, 5.41) is 0. The lowest BCUT2D eigenvalue weighted by molar-refractivity contribution is 0.0186. The zero-order chi connectivity index (χ0) is 14.7. The average Bonchev–Trinajstić information content (AvgIpc) is 2.43. The molecule has 0 N–H and O–H groups in total. The average molecular weight is 281 g/mol. The van der Waals surface area contributed by atoms with Gasteiger partial charge in [0, 0.05) is 37.8 Å². The van der Waals surface area contributed by atoms with Gasteiger partial charge in [-0.1, -0.05) is 6.92 Å². The highest BCUT2D eigenvalue weighted by atomic mass is 15.3. The molecular formula is C17H35N3. The summed E-state index contributed by atoms with van der Waals surface area (Å²) in [4.78, 5) is 8.02. The second-order valence-electron chi connectivity index (χ2n) is 7.32. The van der Waals surface area contributed by atoms with Gasteiger partial charge >= 0.3 is 0 Å². The fourth-order valence-corrected chi connectivity index (χ4v) is 4.03. The Balaban J connectivity index is 1.81. The van der Waals surface area contributed by atoms with Gasteiger partial charge in [-0.2, -0.15) is 0 Å². The fourth-order valence-electron chi connectivity index (χ4n) is 4.03. The molecule has 2 atom stereocenters. The first-order valence-corrected chi connectivity index (χ1v) is 8.73. The molecule has 2 fully saturated rings. The molecule has 2 rings (SSSR count). The molecule has 2 unspecified atom stereocenters. The van der Waals surface area contributed by atoms with Crippen molar-refractivity contribution in [1.82, 2.24) is 14.7 Å². The minimum Gasteiger partial charge on any atom is -0.301 e. The van der Waals surface area contributed by atoms with E-state index in [2.05, 4.69) is 49.3 Å². The van der Waals surface area contributed by atoms with Gasteiger partial charge in [0.05, 0.1) is 0 Å². The number of likely N-dealkylation sites (tertiary alicyclic amines) is 1. The van der Waals surface area contributed by atoms with Crippen LogP contribution in [0.5, 0.6) is 0 Å². The maximum absolute atomic E-state index is 2.78. The van der Waals surface area contributed by atoms with E-state index in [9.17, 15) is 0 Å². The largest absolute Gasteiger partial charge is 0.301 e. The van der Waals surface area contributed by atoms with Crippen molar-refractivity contribution in [3.05, 3.63) is 0 Å². The van der Waals surface area contributed by atoms with Crippen molar-refractivity contribution in [1.29, 1.82) is 0 Å². The second kappa shape index (κ2) is 7.24. The lowest BCUT2D eigenvalue weighted by Gasteiger charge is -2.46. The third-order valence-electron chi connectivity index (χ3n) is 5.47. The standard InChI is InChI=1S/C17H35N3/c1-6-18-11-15(4)20(16(5)12-18)13-17-7-9-19(10-8-17)14(2)3/h14-17H,6-13H2,1-5H3. The minimum atomic E-state index is 0.724. The van der Waals surface area contributed by atoms with Crippen LogP contribution >= 0.6 is 0 Å². The maximum Gasteiger partial charge on any atom is 0.0198 e. The molecule has 2 heterocycles. The van der Waals surface area contributed by atoms with E-state index >= 15 is 0 Å². The Morgan fingerprint density at radius 2 is 1.55 bits per heavy atom. The summed E-state index contributed by atoms with van der Waals surface area (Å²) in [6.07, 6.45) is 2.79. The number of hydrogen-bond donors (Lipinski definition) is 0. The van der Waals surface area contributed by atoms with Gasteiger partial charge in [0.2, 0.25) is 0 Å². The van der Waals surface area contributed by atoms with E-state index < -0.39 is 0 Å². The van der Waals surface area contributed by atoms with Crippen molar-refractivity contribution in [2.24, 2.45) is 5.92 Å². The molecule has 0 radical (unpaired) electrons. The normalized spacial score (nSPS) is 32.1. The minimum absolute atomic E-state index is 0.724. The molecule has 0 bridgehead atoms. The third kappa shape index (κ3) is 3.96. The number of nitrogens with zero attached hydrogens (tertiary/aromatic N) is 3. The highest BCUT2D eigenvalue weighted by molar-refractivity contribution is 4.87. The quantitative estimate of drug-likeness (QED) is 0.784. The Labute approximate surface area is 126 Å². The van der Waals surface area contributed by atoms with Gasteiger partial charge in [0.1, 0.15) is 0 Å². The molecule has 0 aromatic carbocycles. The highest BCUT2D eigenvalue weighted by Gasteiger charge is 2.31. The zero-order valence-electron chi connectivity index (χ0n) is 14.3. The molecule has 0 aromatic heterocycles. The van der Waals surface area contributed by atoms with Crippen molar-refractivity contribution in [3.63, 3.8) is 0 Å². The molecule has 0 amide bonds. The van der Waals surface area contributed by atoms with Crippen LogP contribution in [0.4, 0.5) is 0 Å². The second-order valence-corrected chi connectivity index (χ2v) is 7.32. The molecule has 2 saturated heterocycles. The van der Waals surface area contributed by atoms with Crippen molar-refractivity contribution in [2.45, 2.75) is 65.6 Å². The SMILES string of the molecule is CCN1CC(C)N(CC2CCN(C(C)C)CC2)C(C)C1. The smallest absolute Gasteiger partial charge is 0.0198 e. The van der Waals surface area contributed by atoms with Crippen molar-refractivity contribution in [2.75, 3.05) is 39.3 Å². The maximum atomic E-state index is 2.78. The van der Waals surface area contributed by atoms with Gasteiger partial charge in [-0.25, -0.2) is 0 Å². The van der Waals surface area contributed by atoms with E-state index in [1.165, 1.54) is 52.1 Å². The van der Waals surface area contributed by atoms with E-state index in [4.69, 9.17) is 0 Å². The molecule has 20 heavy (non-hydrogen) atoms. The van der Waals surface area contributed by atoms with Gasteiger partial charge in [-0.3, -0.25) is 4.90 Å². The van der Waals surface area contributed by atoms with Crippen LogP contribution in [-0.2, 0) is 0 Å². The topological polar surface area (TPSA) is 9.72 Å². The highest BCUT2D eigenvalue weighted by Crippen LogP contribution is 2.24. The van der Waals surface area contributed by atoms with Crippen molar-refractivity contribution >= 4 is 0 Å². The van der Waals surface area contributed by atoms with E-state index in [-0.39, 0.29) is 0 Å². The summed E-state index contributed by atoms with van der Waals surface area (Å²) in [7, 11) is 0. The molecule has 3 heteroatoms. The molecule has 0 spiro atoms. The number of piperidine rings is 1. The Morgan fingerprint density at radius 3 is 2.00 bits per heavy atom. The van der Waals surface area contributed by atoms with Gasteiger partial charge < -0.3 is 9.80 Å². The number of piperazine rings is 1. The Hall–Kier alpha value is -0.120. The first-order valence-electron chi connectivity index (χ1n) is 8.73. The van der Waals surface area contributed by atoms with E-state index in [0.717, 1.165) is 24.0 Å².